The second-order valence-electron chi connectivity index (χ2n) is 9.45. The Kier molecular flexibility index (Phi) is 9.26. The molecular weight excluding hydrogens is 473 g/mol. The van der Waals surface area contributed by atoms with Gasteiger partial charge in [-0.25, -0.2) is 14.1 Å². The van der Waals surface area contributed by atoms with E-state index in [1.54, 1.807) is 17.9 Å². The average molecular weight is 514 g/mol. The predicted octanol–water partition coefficient (Wildman–Crippen LogP) is 4.83. The van der Waals surface area contributed by atoms with Crippen molar-refractivity contribution in [1.82, 2.24) is 20.1 Å². The molecule has 3 rings (SSSR count). The molecule has 9 heteroatoms. The van der Waals surface area contributed by atoms with E-state index in [1.165, 1.54) is 18.2 Å². The number of nitrogens with one attached hydrogen (secondary N) is 2. The second kappa shape index (κ2) is 12.2. The zero-order chi connectivity index (χ0) is 27.3. The van der Waals surface area contributed by atoms with E-state index in [0.29, 0.717) is 53.4 Å². The van der Waals surface area contributed by atoms with Crippen LogP contribution in [-0.2, 0) is 4.79 Å². The average Bonchev–Trinajstić information content (AvgIpc) is 3.29. The molecule has 2 heterocycles. The minimum Gasteiger partial charge on any atom is -0.358 e. The van der Waals surface area contributed by atoms with E-state index >= 15 is 0 Å². The molecule has 2 aromatic rings. The highest BCUT2D eigenvalue weighted by Crippen LogP contribution is 2.39. The number of hydrogen-bond donors (Lipinski definition) is 2. The van der Waals surface area contributed by atoms with E-state index in [-0.39, 0.29) is 12.9 Å². The number of urea groups is 1. The molecule has 0 spiro atoms. The van der Waals surface area contributed by atoms with Crippen LogP contribution in [0.1, 0.15) is 67.9 Å². The summed E-state index contributed by atoms with van der Waals surface area (Å²) in [6, 6.07) is 3.58. The van der Waals surface area contributed by atoms with E-state index in [9.17, 15) is 18.8 Å². The fourth-order valence-corrected chi connectivity index (χ4v) is 4.59. The molecule has 1 aromatic carbocycles. The van der Waals surface area contributed by atoms with Crippen LogP contribution < -0.4 is 10.2 Å². The smallest absolute Gasteiger partial charge is 0.331 e. The van der Waals surface area contributed by atoms with Crippen molar-refractivity contribution in [3.05, 3.63) is 52.1 Å². The lowest BCUT2D eigenvalue weighted by Gasteiger charge is -2.26. The minimum absolute atomic E-state index is 0. The summed E-state index contributed by atoms with van der Waals surface area (Å²) in [5, 5.41) is 2.95. The number of aryl methyl sites for hydroxylation is 1. The van der Waals surface area contributed by atoms with Crippen molar-refractivity contribution in [1.29, 1.82) is 0 Å². The van der Waals surface area contributed by atoms with Crippen LogP contribution in [0.4, 0.5) is 14.9 Å². The summed E-state index contributed by atoms with van der Waals surface area (Å²) in [6.45, 7) is 12.8. The van der Waals surface area contributed by atoms with Crippen LogP contribution in [0.3, 0.4) is 0 Å². The molecule has 1 aromatic heterocycles. The van der Waals surface area contributed by atoms with Gasteiger partial charge in [0.2, 0.25) is 0 Å². The number of aromatic amines is 1. The van der Waals surface area contributed by atoms with E-state index in [0.717, 1.165) is 30.8 Å². The molecular formula is C28H40FN5O3. The molecule has 0 radical (unpaired) electrons. The first-order valence-corrected chi connectivity index (χ1v) is 12.9. The van der Waals surface area contributed by atoms with Gasteiger partial charge in [-0.1, -0.05) is 20.8 Å². The molecule has 0 atom stereocenters. The number of amides is 4. The van der Waals surface area contributed by atoms with Gasteiger partial charge in [0.15, 0.2) is 0 Å². The monoisotopic (exact) mass is 513 g/mol. The van der Waals surface area contributed by atoms with Gasteiger partial charge in [0.25, 0.3) is 11.8 Å². The van der Waals surface area contributed by atoms with Gasteiger partial charge in [0.05, 0.1) is 16.8 Å². The summed E-state index contributed by atoms with van der Waals surface area (Å²) in [5.74, 6) is -1.21. The highest BCUT2D eigenvalue weighted by molar-refractivity contribution is 6.42. The van der Waals surface area contributed by atoms with Gasteiger partial charge < -0.3 is 20.1 Å². The lowest BCUT2D eigenvalue weighted by molar-refractivity contribution is -0.112. The zero-order valence-corrected chi connectivity index (χ0v) is 22.7. The number of anilines is 1. The Morgan fingerprint density at radius 1 is 1.14 bits per heavy atom. The Morgan fingerprint density at radius 3 is 2.43 bits per heavy atom. The summed E-state index contributed by atoms with van der Waals surface area (Å²) < 4.78 is 14.3. The number of carbonyl (C=O) groups excluding carboxylic acids is 3. The largest absolute Gasteiger partial charge is 0.358 e. The summed E-state index contributed by atoms with van der Waals surface area (Å²) in [7, 11) is 1.99. The molecule has 0 saturated heterocycles. The number of nitrogens with zero attached hydrogens (tertiary/aromatic N) is 3. The molecule has 37 heavy (non-hydrogen) atoms. The number of fused-ring (bicyclic) bond motifs is 1. The highest BCUT2D eigenvalue weighted by Gasteiger charge is 2.39. The van der Waals surface area contributed by atoms with Crippen LogP contribution in [0.2, 0.25) is 0 Å². The highest BCUT2D eigenvalue weighted by atomic mass is 19.1. The fourth-order valence-electron chi connectivity index (χ4n) is 4.59. The Morgan fingerprint density at radius 2 is 1.81 bits per heavy atom. The maximum atomic E-state index is 14.3. The number of carbonyl (C=O) groups is 3. The third-order valence-electron chi connectivity index (χ3n) is 6.68. The number of H-pyrrole nitrogens is 1. The molecule has 1 aliphatic heterocycles. The molecule has 2 N–H and O–H groups in total. The van der Waals surface area contributed by atoms with Crippen molar-refractivity contribution < 1.29 is 20.2 Å². The minimum atomic E-state index is -0.511. The van der Waals surface area contributed by atoms with Crippen LogP contribution >= 0.6 is 0 Å². The van der Waals surface area contributed by atoms with Crippen molar-refractivity contribution in [2.45, 2.75) is 47.5 Å². The number of benzene rings is 1. The molecule has 0 bridgehead atoms. The first-order chi connectivity index (χ1) is 17.6. The summed E-state index contributed by atoms with van der Waals surface area (Å²) in [5.41, 5.74) is 3.35. The van der Waals surface area contributed by atoms with Gasteiger partial charge in [-0.2, -0.15) is 0 Å². The van der Waals surface area contributed by atoms with E-state index < -0.39 is 17.8 Å². The normalized spacial score (nSPS) is 14.0. The van der Waals surface area contributed by atoms with Crippen molar-refractivity contribution in [2.75, 3.05) is 44.7 Å². The maximum absolute atomic E-state index is 14.3. The van der Waals surface area contributed by atoms with Gasteiger partial charge in [-0.05, 0) is 70.1 Å². The molecule has 4 amide bonds. The van der Waals surface area contributed by atoms with Crippen LogP contribution in [-0.4, -0.2) is 72.4 Å². The zero-order valence-electron chi connectivity index (χ0n) is 22.7. The van der Waals surface area contributed by atoms with Crippen molar-refractivity contribution >= 4 is 35.2 Å². The SMILES string of the molecule is CCCN(CCC)C(=O)N1C(=O)/C(=C\c2[nH]c(C)c(C(=O)NCCN(C)CC)c2C)c2cc(F)ccc21.[HH]. The molecule has 1 aliphatic rings. The molecule has 0 saturated carbocycles. The number of halogens is 1. The summed E-state index contributed by atoms with van der Waals surface area (Å²) >= 11 is 0. The third kappa shape index (κ3) is 5.93. The molecule has 0 aliphatic carbocycles. The number of rotatable bonds is 10. The van der Waals surface area contributed by atoms with Gasteiger partial charge in [0, 0.05) is 44.6 Å². The Bertz CT molecular complexity index is 1200. The van der Waals surface area contributed by atoms with Gasteiger partial charge in [-0.3, -0.25) is 9.59 Å². The van der Waals surface area contributed by atoms with Crippen LogP contribution in [0.15, 0.2) is 18.2 Å². The Balaban J connectivity index is 0.00000507. The summed E-state index contributed by atoms with van der Waals surface area (Å²) in [6.07, 6.45) is 3.13. The van der Waals surface area contributed by atoms with E-state index in [2.05, 4.69) is 22.1 Å². The van der Waals surface area contributed by atoms with Gasteiger partial charge in [0.1, 0.15) is 5.82 Å². The Hall–Kier alpha value is -3.46. The summed E-state index contributed by atoms with van der Waals surface area (Å²) in [4.78, 5) is 48.0. The number of imide groups is 1. The van der Waals surface area contributed by atoms with E-state index in [1.807, 2.05) is 27.8 Å². The number of hydrogen-bond acceptors (Lipinski definition) is 4. The van der Waals surface area contributed by atoms with Crippen LogP contribution in [0.25, 0.3) is 11.6 Å². The first-order valence-electron chi connectivity index (χ1n) is 12.9. The molecule has 8 nitrogen and oxygen atoms in total. The predicted molar refractivity (Wildman–Crippen MR) is 147 cm³/mol. The first kappa shape index (κ1) is 28.1. The van der Waals surface area contributed by atoms with Gasteiger partial charge >= 0.3 is 6.03 Å². The number of aromatic nitrogens is 1. The second-order valence-corrected chi connectivity index (χ2v) is 9.45. The van der Waals surface area contributed by atoms with E-state index in [4.69, 9.17) is 0 Å². The van der Waals surface area contributed by atoms with Crippen molar-refractivity contribution in [3.8, 4) is 0 Å². The molecule has 0 fully saturated rings. The lowest BCUT2D eigenvalue weighted by Crippen LogP contribution is -2.45. The lowest BCUT2D eigenvalue weighted by atomic mass is 10.0. The topological polar surface area (TPSA) is 88.8 Å². The quantitative estimate of drug-likeness (QED) is 0.446. The Labute approximate surface area is 220 Å². The maximum Gasteiger partial charge on any atom is 0.331 e. The van der Waals surface area contributed by atoms with Crippen LogP contribution in [0.5, 0.6) is 0 Å². The number of likely N-dealkylation sites (N-methyl/N-ethyl adjacent to an activating group) is 1. The molecule has 202 valence electrons. The standard InChI is InChI=1S/C28H38FN5O3.H2/c1-7-13-33(14-8-2)28(37)34-24-11-10-20(29)16-21(24)22(27(34)36)17-23-18(4)25(19(5)31-23)26(35)30-12-15-32(6)9-3;/h10-11,16-17,31H,7-9,12-15H2,1-6H3,(H,30,35);1H/b22-17-;. The van der Waals surface area contributed by atoms with Crippen molar-refractivity contribution in [2.24, 2.45) is 0 Å². The van der Waals surface area contributed by atoms with Crippen molar-refractivity contribution in [3.63, 3.8) is 0 Å². The fraction of sp³-hybridized carbons (Fsp3) is 0.464. The third-order valence-corrected chi connectivity index (χ3v) is 6.68. The van der Waals surface area contributed by atoms with Gasteiger partial charge in [-0.15, -0.1) is 0 Å². The van der Waals surface area contributed by atoms with Crippen LogP contribution in [0, 0.1) is 19.7 Å². The molecule has 0 unspecified atom stereocenters.